The summed E-state index contributed by atoms with van der Waals surface area (Å²) in [6.07, 6.45) is 4.35. The number of nitrogens with zero attached hydrogens (tertiary/aromatic N) is 3. The standard InChI is InChI=1S/C32H37N3O5/c1-5-38-30(36)28-17-24-16-26(13-11-23(24)20-35(28)31(37)40-32(2,3)4)39-29-18-25(12-10-22(29)19-33)34-15-14-21-8-6-7-9-27(21)34/h6-10,12,14-15,18,23-24,26,28H,5,11,13,16-17,20H2,1-4H3. The molecule has 2 aromatic carbocycles. The van der Waals surface area contributed by atoms with Gasteiger partial charge >= 0.3 is 12.1 Å². The maximum atomic E-state index is 13.0. The minimum atomic E-state index is -0.685. The first-order valence-corrected chi connectivity index (χ1v) is 14.1. The highest BCUT2D eigenvalue weighted by Gasteiger charge is 2.46. The Morgan fingerprint density at radius 3 is 2.60 bits per heavy atom. The molecule has 8 nitrogen and oxygen atoms in total. The SMILES string of the molecule is CCOC(=O)C1CC2CC(Oc3cc(-n4ccc5ccccc54)ccc3C#N)CCC2CN1C(=O)OC(C)(C)C. The number of hydrogen-bond acceptors (Lipinski definition) is 6. The van der Waals surface area contributed by atoms with Crippen molar-refractivity contribution < 1.29 is 23.8 Å². The Bertz CT molecular complexity index is 1430. The predicted molar refractivity (Wildman–Crippen MR) is 151 cm³/mol. The molecule has 0 radical (unpaired) electrons. The van der Waals surface area contributed by atoms with E-state index < -0.39 is 23.7 Å². The highest BCUT2D eigenvalue weighted by Crippen LogP contribution is 2.41. The molecule has 1 saturated carbocycles. The minimum absolute atomic E-state index is 0.0964. The van der Waals surface area contributed by atoms with Gasteiger partial charge in [0.15, 0.2) is 0 Å². The summed E-state index contributed by atoms with van der Waals surface area (Å²) in [6.45, 7) is 7.94. The fraction of sp³-hybridized carbons (Fsp3) is 0.469. The van der Waals surface area contributed by atoms with Gasteiger partial charge in [0.05, 0.1) is 23.8 Å². The lowest BCUT2D eigenvalue weighted by Gasteiger charge is -2.46. The lowest BCUT2D eigenvalue weighted by molar-refractivity contribution is -0.153. The third-order valence-electron chi connectivity index (χ3n) is 7.87. The maximum Gasteiger partial charge on any atom is 0.411 e. The monoisotopic (exact) mass is 543 g/mol. The van der Waals surface area contributed by atoms with Gasteiger partial charge in [0.2, 0.25) is 0 Å². The minimum Gasteiger partial charge on any atom is -0.489 e. The van der Waals surface area contributed by atoms with E-state index in [-0.39, 0.29) is 24.5 Å². The Kier molecular flexibility index (Phi) is 7.75. The van der Waals surface area contributed by atoms with E-state index in [2.05, 4.69) is 28.8 Å². The number of para-hydroxylation sites is 1. The second-order valence-corrected chi connectivity index (χ2v) is 11.7. The van der Waals surface area contributed by atoms with Crippen LogP contribution in [0.2, 0.25) is 0 Å². The van der Waals surface area contributed by atoms with E-state index in [0.29, 0.717) is 24.3 Å². The Hall–Kier alpha value is -3.99. The number of carbonyl (C=O) groups is 2. The van der Waals surface area contributed by atoms with Gasteiger partial charge in [0.25, 0.3) is 0 Å². The number of nitriles is 1. The van der Waals surface area contributed by atoms with E-state index >= 15 is 0 Å². The van der Waals surface area contributed by atoms with Crippen molar-refractivity contribution in [1.82, 2.24) is 9.47 Å². The first-order valence-electron chi connectivity index (χ1n) is 14.1. The molecule has 1 aliphatic heterocycles. The molecule has 5 rings (SSSR count). The molecular formula is C32H37N3O5. The summed E-state index contributed by atoms with van der Waals surface area (Å²) < 4.78 is 19.6. The van der Waals surface area contributed by atoms with Crippen LogP contribution in [0.15, 0.2) is 54.7 Å². The van der Waals surface area contributed by atoms with Gasteiger partial charge in [-0.15, -0.1) is 0 Å². The molecule has 2 fully saturated rings. The summed E-state index contributed by atoms with van der Waals surface area (Å²) in [6, 6.07) is 17.5. The van der Waals surface area contributed by atoms with Crippen LogP contribution in [-0.2, 0) is 14.3 Å². The van der Waals surface area contributed by atoms with Crippen molar-refractivity contribution in [3.05, 3.63) is 60.3 Å². The molecule has 2 heterocycles. The van der Waals surface area contributed by atoms with Gasteiger partial charge in [-0.05, 0) is 94.9 Å². The predicted octanol–water partition coefficient (Wildman–Crippen LogP) is 6.24. The Balaban J connectivity index is 1.34. The summed E-state index contributed by atoms with van der Waals surface area (Å²) in [5, 5.41) is 10.9. The van der Waals surface area contributed by atoms with Crippen LogP contribution >= 0.6 is 0 Å². The zero-order valence-electron chi connectivity index (χ0n) is 23.6. The molecular weight excluding hydrogens is 506 g/mol. The summed E-state index contributed by atoms with van der Waals surface area (Å²) in [7, 11) is 0. The quantitative estimate of drug-likeness (QED) is 0.354. The van der Waals surface area contributed by atoms with E-state index in [1.54, 1.807) is 17.9 Å². The molecule has 210 valence electrons. The molecule has 1 saturated heterocycles. The van der Waals surface area contributed by atoms with Gasteiger partial charge in [0.1, 0.15) is 23.5 Å². The molecule has 4 unspecified atom stereocenters. The van der Waals surface area contributed by atoms with E-state index in [4.69, 9.17) is 14.2 Å². The number of aromatic nitrogens is 1. The van der Waals surface area contributed by atoms with E-state index in [0.717, 1.165) is 35.9 Å². The normalized spacial score (nSPS) is 22.7. The van der Waals surface area contributed by atoms with Gasteiger partial charge in [0, 0.05) is 24.5 Å². The number of esters is 1. The molecule has 0 bridgehead atoms. The van der Waals surface area contributed by atoms with Crippen molar-refractivity contribution in [3.8, 4) is 17.5 Å². The Morgan fingerprint density at radius 1 is 1.05 bits per heavy atom. The summed E-state index contributed by atoms with van der Waals surface area (Å²) >= 11 is 0. The number of carbonyl (C=O) groups excluding carboxylic acids is 2. The van der Waals surface area contributed by atoms with Crippen LogP contribution in [0.5, 0.6) is 5.75 Å². The van der Waals surface area contributed by atoms with Gasteiger partial charge in [-0.3, -0.25) is 4.90 Å². The van der Waals surface area contributed by atoms with E-state index in [9.17, 15) is 14.9 Å². The number of amides is 1. The average molecular weight is 544 g/mol. The van der Waals surface area contributed by atoms with E-state index in [1.165, 1.54) is 0 Å². The van der Waals surface area contributed by atoms with Crippen LogP contribution in [0.25, 0.3) is 16.6 Å². The van der Waals surface area contributed by atoms with Crippen LogP contribution in [0, 0.1) is 23.2 Å². The molecule has 1 aliphatic carbocycles. The first kappa shape index (κ1) is 27.6. The number of rotatable bonds is 5. The van der Waals surface area contributed by atoms with Crippen molar-refractivity contribution in [1.29, 1.82) is 5.26 Å². The number of hydrogen-bond donors (Lipinski definition) is 0. The fourth-order valence-corrected chi connectivity index (χ4v) is 6.04. The van der Waals surface area contributed by atoms with Gasteiger partial charge in [-0.1, -0.05) is 18.2 Å². The van der Waals surface area contributed by atoms with Crippen molar-refractivity contribution in [2.75, 3.05) is 13.2 Å². The van der Waals surface area contributed by atoms with Crippen LogP contribution in [0.3, 0.4) is 0 Å². The van der Waals surface area contributed by atoms with Crippen molar-refractivity contribution in [3.63, 3.8) is 0 Å². The maximum absolute atomic E-state index is 13.0. The molecule has 8 heteroatoms. The van der Waals surface area contributed by atoms with Gasteiger partial charge in [-0.2, -0.15) is 5.26 Å². The van der Waals surface area contributed by atoms with Gasteiger partial charge in [-0.25, -0.2) is 9.59 Å². The number of ether oxygens (including phenoxy) is 3. The molecule has 1 aromatic heterocycles. The highest BCUT2D eigenvalue weighted by molar-refractivity contribution is 5.82. The van der Waals surface area contributed by atoms with Crippen molar-refractivity contribution in [2.24, 2.45) is 11.8 Å². The molecule has 0 N–H and O–H groups in total. The summed E-state index contributed by atoms with van der Waals surface area (Å²) in [4.78, 5) is 27.5. The lowest BCUT2D eigenvalue weighted by atomic mass is 9.72. The molecule has 2 aliphatic rings. The van der Waals surface area contributed by atoms with Crippen LogP contribution in [0.1, 0.15) is 58.9 Å². The second-order valence-electron chi connectivity index (χ2n) is 11.7. The third kappa shape index (κ3) is 5.79. The molecule has 4 atom stereocenters. The fourth-order valence-electron chi connectivity index (χ4n) is 6.04. The van der Waals surface area contributed by atoms with E-state index in [1.807, 2.05) is 51.2 Å². The molecule has 0 spiro atoms. The zero-order chi connectivity index (χ0) is 28.4. The average Bonchev–Trinajstić information content (AvgIpc) is 3.36. The smallest absolute Gasteiger partial charge is 0.411 e. The van der Waals surface area contributed by atoms with Crippen LogP contribution in [0.4, 0.5) is 4.79 Å². The van der Waals surface area contributed by atoms with Crippen molar-refractivity contribution >= 4 is 23.0 Å². The number of piperidine rings is 1. The second kappa shape index (κ2) is 11.2. The molecule has 1 amide bonds. The summed E-state index contributed by atoms with van der Waals surface area (Å²) in [5.74, 6) is 0.600. The third-order valence-corrected chi connectivity index (χ3v) is 7.87. The Labute approximate surface area is 235 Å². The molecule has 3 aromatic rings. The zero-order valence-corrected chi connectivity index (χ0v) is 23.6. The Morgan fingerprint density at radius 2 is 1.85 bits per heavy atom. The van der Waals surface area contributed by atoms with Crippen LogP contribution in [-0.4, -0.2) is 52.4 Å². The highest BCUT2D eigenvalue weighted by atomic mass is 16.6. The van der Waals surface area contributed by atoms with Crippen molar-refractivity contribution in [2.45, 2.75) is 71.1 Å². The number of likely N-dealkylation sites (tertiary alicyclic amines) is 1. The largest absolute Gasteiger partial charge is 0.489 e. The number of fused-ring (bicyclic) bond motifs is 2. The topological polar surface area (TPSA) is 93.8 Å². The summed E-state index contributed by atoms with van der Waals surface area (Å²) in [5.41, 5.74) is 1.85. The van der Waals surface area contributed by atoms with Gasteiger partial charge < -0.3 is 18.8 Å². The lowest BCUT2D eigenvalue weighted by Crippen LogP contribution is -2.56. The number of benzene rings is 2. The first-order chi connectivity index (χ1) is 19.2. The van der Waals surface area contributed by atoms with Crippen LogP contribution < -0.4 is 4.74 Å². The molecule has 40 heavy (non-hydrogen) atoms.